The maximum atomic E-state index is 9.15. The Balaban J connectivity index is 1.19. The smallest absolute Gasteiger partial charge is 0.160 e. The molecule has 0 bridgehead atoms. The van der Waals surface area contributed by atoms with Crippen LogP contribution in [0, 0.1) is 11.3 Å². The second kappa shape index (κ2) is 12.6. The predicted molar refractivity (Wildman–Crippen MR) is 197 cm³/mol. The zero-order valence-electron chi connectivity index (χ0n) is 26.1. The van der Waals surface area contributed by atoms with Gasteiger partial charge in [-0.2, -0.15) is 5.26 Å². The van der Waals surface area contributed by atoms with Gasteiger partial charge in [-0.05, 0) is 68.4 Å². The van der Waals surface area contributed by atoms with Crippen molar-refractivity contribution in [1.82, 2.24) is 9.97 Å². The average molecular weight is 612 g/mol. The number of nitriles is 1. The van der Waals surface area contributed by atoms with Gasteiger partial charge in [0.05, 0.1) is 23.0 Å². The first-order valence-electron chi connectivity index (χ1n) is 16.0. The van der Waals surface area contributed by atoms with Crippen LogP contribution >= 0.6 is 0 Å². The van der Waals surface area contributed by atoms with Gasteiger partial charge in [0.25, 0.3) is 0 Å². The molecule has 224 valence electrons. The van der Waals surface area contributed by atoms with Crippen LogP contribution in [0.1, 0.15) is 5.56 Å². The fourth-order valence-corrected chi connectivity index (χ4v) is 6.30. The number of hydrogen-bond donors (Lipinski definition) is 0. The van der Waals surface area contributed by atoms with E-state index in [1.165, 1.54) is 21.9 Å². The molecule has 0 saturated heterocycles. The van der Waals surface area contributed by atoms with Gasteiger partial charge in [-0.25, -0.2) is 9.97 Å². The summed E-state index contributed by atoms with van der Waals surface area (Å²) >= 11 is 0. The Morgan fingerprint density at radius 1 is 0.354 bits per heavy atom. The molecule has 3 nitrogen and oxygen atoms in total. The summed E-state index contributed by atoms with van der Waals surface area (Å²) < 4.78 is 0. The van der Waals surface area contributed by atoms with Crippen LogP contribution in [0.3, 0.4) is 0 Å². The summed E-state index contributed by atoms with van der Waals surface area (Å²) in [7, 11) is 0. The lowest BCUT2D eigenvalue weighted by Gasteiger charge is -2.14. The molecule has 0 spiro atoms. The van der Waals surface area contributed by atoms with E-state index in [9.17, 15) is 0 Å². The van der Waals surface area contributed by atoms with E-state index in [0.717, 1.165) is 50.3 Å². The maximum Gasteiger partial charge on any atom is 0.160 e. The molecular weight excluding hydrogens is 583 g/mol. The zero-order valence-corrected chi connectivity index (χ0v) is 26.1. The molecule has 0 aliphatic heterocycles. The lowest BCUT2D eigenvalue weighted by atomic mass is 9.91. The topological polar surface area (TPSA) is 49.6 Å². The third kappa shape index (κ3) is 5.64. The highest BCUT2D eigenvalue weighted by molar-refractivity contribution is 6.05. The summed E-state index contributed by atoms with van der Waals surface area (Å²) in [6.07, 6.45) is 0. The van der Waals surface area contributed by atoms with Gasteiger partial charge in [0.1, 0.15) is 0 Å². The van der Waals surface area contributed by atoms with Crippen LogP contribution in [0.15, 0.2) is 176 Å². The molecule has 0 unspecified atom stereocenters. The van der Waals surface area contributed by atoms with Crippen LogP contribution in [0.2, 0.25) is 0 Å². The van der Waals surface area contributed by atoms with Crippen molar-refractivity contribution in [2.75, 3.05) is 0 Å². The summed E-state index contributed by atoms with van der Waals surface area (Å²) in [6.45, 7) is 0. The lowest BCUT2D eigenvalue weighted by molar-refractivity contribution is 1.18. The number of rotatable bonds is 6. The molecule has 1 heterocycles. The van der Waals surface area contributed by atoms with Crippen LogP contribution in [0.4, 0.5) is 0 Å². The van der Waals surface area contributed by atoms with E-state index in [2.05, 4.69) is 121 Å². The highest BCUT2D eigenvalue weighted by Crippen LogP contribution is 2.38. The highest BCUT2D eigenvalue weighted by atomic mass is 14.9. The SMILES string of the molecule is N#Cc1ccc(-c2ccc(-c3ccc(-c4cccc(-c5cc(-c6ccccc6)nc(-c6ccccc6)n5)c4)c4ccccc34)cc2)cc1. The van der Waals surface area contributed by atoms with Crippen LogP contribution in [0.25, 0.3) is 78.1 Å². The molecule has 7 aromatic carbocycles. The van der Waals surface area contributed by atoms with E-state index in [1.54, 1.807) is 0 Å². The first kappa shape index (κ1) is 28.8. The van der Waals surface area contributed by atoms with Crippen molar-refractivity contribution in [1.29, 1.82) is 5.26 Å². The Kier molecular flexibility index (Phi) is 7.59. The molecule has 0 atom stereocenters. The molecule has 8 aromatic rings. The zero-order chi connectivity index (χ0) is 32.3. The molecular formula is C45H29N3. The minimum atomic E-state index is 0.665. The van der Waals surface area contributed by atoms with Gasteiger partial charge in [-0.3, -0.25) is 0 Å². The Morgan fingerprint density at radius 3 is 1.46 bits per heavy atom. The summed E-state index contributed by atoms with van der Waals surface area (Å²) in [6, 6.07) is 62.8. The number of nitrogens with zero attached hydrogens (tertiary/aromatic N) is 3. The summed E-state index contributed by atoms with van der Waals surface area (Å²) in [5.41, 5.74) is 12.4. The molecule has 0 radical (unpaired) electrons. The van der Waals surface area contributed by atoms with E-state index >= 15 is 0 Å². The molecule has 0 aliphatic rings. The lowest BCUT2D eigenvalue weighted by Crippen LogP contribution is -1.96. The molecule has 3 heteroatoms. The van der Waals surface area contributed by atoms with Crippen LogP contribution in [0.5, 0.6) is 0 Å². The second-order valence-electron chi connectivity index (χ2n) is 11.7. The number of aromatic nitrogens is 2. The Labute approximate surface area is 280 Å². The van der Waals surface area contributed by atoms with Gasteiger partial charge in [0.15, 0.2) is 5.82 Å². The molecule has 8 rings (SSSR count). The van der Waals surface area contributed by atoms with Crippen molar-refractivity contribution in [3.8, 4) is 73.4 Å². The molecule has 48 heavy (non-hydrogen) atoms. The van der Waals surface area contributed by atoms with Crippen LogP contribution in [-0.4, -0.2) is 9.97 Å². The van der Waals surface area contributed by atoms with Gasteiger partial charge >= 0.3 is 0 Å². The van der Waals surface area contributed by atoms with Crippen molar-refractivity contribution in [3.63, 3.8) is 0 Å². The minimum absolute atomic E-state index is 0.665. The molecule has 0 fully saturated rings. The van der Waals surface area contributed by atoms with E-state index in [4.69, 9.17) is 15.2 Å². The maximum absolute atomic E-state index is 9.15. The number of hydrogen-bond acceptors (Lipinski definition) is 3. The van der Waals surface area contributed by atoms with Crippen molar-refractivity contribution < 1.29 is 0 Å². The minimum Gasteiger partial charge on any atom is -0.228 e. The second-order valence-corrected chi connectivity index (χ2v) is 11.7. The Morgan fingerprint density at radius 2 is 0.833 bits per heavy atom. The molecule has 0 N–H and O–H groups in total. The number of benzene rings is 7. The normalized spacial score (nSPS) is 10.9. The van der Waals surface area contributed by atoms with Crippen molar-refractivity contribution in [3.05, 3.63) is 181 Å². The summed E-state index contributed by atoms with van der Waals surface area (Å²) in [5, 5.41) is 11.5. The Hall–Kier alpha value is -6.63. The predicted octanol–water partition coefficient (Wildman–Crippen LogP) is 11.5. The van der Waals surface area contributed by atoms with Crippen molar-refractivity contribution in [2.45, 2.75) is 0 Å². The van der Waals surface area contributed by atoms with Crippen LogP contribution in [-0.2, 0) is 0 Å². The Bertz CT molecular complexity index is 2370. The van der Waals surface area contributed by atoms with Gasteiger partial charge < -0.3 is 0 Å². The molecule has 0 aliphatic carbocycles. The summed E-state index contributed by atoms with van der Waals surface area (Å²) in [5.74, 6) is 0.706. The third-order valence-corrected chi connectivity index (χ3v) is 8.76. The summed E-state index contributed by atoms with van der Waals surface area (Å²) in [4.78, 5) is 10.0. The van der Waals surface area contributed by atoms with E-state index in [-0.39, 0.29) is 0 Å². The quantitative estimate of drug-likeness (QED) is 0.188. The largest absolute Gasteiger partial charge is 0.228 e. The van der Waals surface area contributed by atoms with E-state index < -0.39 is 0 Å². The van der Waals surface area contributed by atoms with Gasteiger partial charge in [-0.15, -0.1) is 0 Å². The molecule has 0 amide bonds. The van der Waals surface area contributed by atoms with Crippen molar-refractivity contribution in [2.24, 2.45) is 0 Å². The average Bonchev–Trinajstić information content (AvgIpc) is 3.18. The molecule has 1 aromatic heterocycles. The van der Waals surface area contributed by atoms with Gasteiger partial charge in [-0.1, -0.05) is 152 Å². The monoisotopic (exact) mass is 611 g/mol. The van der Waals surface area contributed by atoms with Gasteiger partial charge in [0.2, 0.25) is 0 Å². The first-order chi connectivity index (χ1) is 23.7. The number of fused-ring (bicyclic) bond motifs is 1. The molecule has 0 saturated carbocycles. The fourth-order valence-electron chi connectivity index (χ4n) is 6.30. The standard InChI is InChI=1S/C45H29N3/c46-30-31-18-20-32(21-19-31)33-22-24-34(25-23-33)39-26-27-40(42-17-8-7-16-41(39)42)37-14-9-15-38(28-37)44-29-43(35-10-3-1-4-11-35)47-45(48-44)36-12-5-2-6-13-36/h1-29H. The van der Waals surface area contributed by atoms with Crippen molar-refractivity contribution >= 4 is 10.8 Å². The van der Waals surface area contributed by atoms with E-state index in [0.29, 0.717) is 11.4 Å². The van der Waals surface area contributed by atoms with Crippen LogP contribution < -0.4 is 0 Å². The first-order valence-corrected chi connectivity index (χ1v) is 16.0. The fraction of sp³-hybridized carbons (Fsp3) is 0. The third-order valence-electron chi connectivity index (χ3n) is 8.76. The van der Waals surface area contributed by atoms with E-state index in [1.807, 2.05) is 60.7 Å². The van der Waals surface area contributed by atoms with Gasteiger partial charge in [0, 0.05) is 16.7 Å². The highest BCUT2D eigenvalue weighted by Gasteiger charge is 2.14.